The fourth-order valence-electron chi connectivity index (χ4n) is 4.03. The van der Waals surface area contributed by atoms with Crippen molar-refractivity contribution in [2.24, 2.45) is 0 Å². The normalized spacial score (nSPS) is 21.5. The van der Waals surface area contributed by atoms with Gasteiger partial charge in [-0.05, 0) is 52.2 Å². The fourth-order valence-corrected chi connectivity index (χ4v) is 5.08. The number of piperazine rings is 1. The largest absolute Gasteiger partial charge is 0.359 e. The molecule has 7 heteroatoms. The summed E-state index contributed by atoms with van der Waals surface area (Å²) in [6, 6.07) is 5.43. The lowest BCUT2D eigenvalue weighted by Crippen LogP contribution is -2.66. The maximum atomic E-state index is 4.44. The van der Waals surface area contributed by atoms with E-state index in [9.17, 15) is 0 Å². The van der Waals surface area contributed by atoms with Gasteiger partial charge in [-0.2, -0.15) is 0 Å². The summed E-state index contributed by atoms with van der Waals surface area (Å²) in [4.78, 5) is 8.43. The van der Waals surface area contributed by atoms with Crippen LogP contribution in [0.15, 0.2) is 48.8 Å². The van der Waals surface area contributed by atoms with Gasteiger partial charge in [-0.25, -0.2) is 5.01 Å². The van der Waals surface area contributed by atoms with Crippen molar-refractivity contribution in [3.63, 3.8) is 0 Å². The van der Waals surface area contributed by atoms with Crippen LogP contribution in [0.25, 0.3) is 0 Å². The van der Waals surface area contributed by atoms with Gasteiger partial charge < -0.3 is 20.0 Å². The molecule has 3 fully saturated rings. The third kappa shape index (κ3) is 5.29. The van der Waals surface area contributed by atoms with E-state index in [2.05, 4.69) is 89.0 Å². The van der Waals surface area contributed by atoms with Crippen molar-refractivity contribution in [2.45, 2.75) is 24.9 Å². The van der Waals surface area contributed by atoms with Crippen LogP contribution < -0.4 is 15.6 Å². The van der Waals surface area contributed by atoms with Crippen LogP contribution in [0.1, 0.15) is 11.3 Å². The summed E-state index contributed by atoms with van der Waals surface area (Å²) in [7, 11) is 8.17. The van der Waals surface area contributed by atoms with E-state index in [1.54, 1.807) is 0 Å². The fraction of sp³-hybridized carbons (Fsp3) is 0.545. The first-order valence-electron chi connectivity index (χ1n) is 10.3. The van der Waals surface area contributed by atoms with Gasteiger partial charge in [-0.3, -0.25) is 5.43 Å². The van der Waals surface area contributed by atoms with Crippen molar-refractivity contribution in [3.8, 4) is 0 Å². The Bertz CT molecular complexity index is 739. The standard InChI is InChI=1S/C22H36N6S/c1-17(8-7-13-25(4)5)28-19-14-21(28)18(2)27(15-19)22-10-9-20(29-22)11-12-24-26(6)16-23-3/h7-10,19,21,23-24H,1-2,11-16H2,3-6H3/b8-7+. The van der Waals surface area contributed by atoms with Crippen LogP contribution in [0, 0.1) is 0 Å². The summed E-state index contributed by atoms with van der Waals surface area (Å²) in [5.74, 6) is 0. The summed E-state index contributed by atoms with van der Waals surface area (Å²) in [5, 5.41) is 6.53. The van der Waals surface area contributed by atoms with Crippen molar-refractivity contribution in [1.29, 1.82) is 0 Å². The van der Waals surface area contributed by atoms with Crippen molar-refractivity contribution in [3.05, 3.63) is 53.7 Å². The number of nitrogens with one attached hydrogen (secondary N) is 2. The number of allylic oxidation sites excluding steroid dienone is 1. The minimum atomic E-state index is 0.382. The molecule has 0 amide bonds. The Hall–Kier alpha value is -1.64. The molecule has 1 aromatic heterocycles. The maximum Gasteiger partial charge on any atom is 0.0954 e. The van der Waals surface area contributed by atoms with Gasteiger partial charge >= 0.3 is 0 Å². The first kappa shape index (κ1) is 22.1. The van der Waals surface area contributed by atoms with Crippen molar-refractivity contribution in [2.75, 3.05) is 59.4 Å². The predicted molar refractivity (Wildman–Crippen MR) is 125 cm³/mol. The topological polar surface area (TPSA) is 37.0 Å². The maximum absolute atomic E-state index is 4.44. The lowest BCUT2D eigenvalue weighted by atomic mass is 9.84. The number of anilines is 1. The number of hydrogen-bond donors (Lipinski definition) is 2. The van der Waals surface area contributed by atoms with E-state index < -0.39 is 0 Å². The van der Waals surface area contributed by atoms with Crippen LogP contribution in [0.5, 0.6) is 0 Å². The Labute approximate surface area is 180 Å². The van der Waals surface area contributed by atoms with E-state index in [1.807, 2.05) is 18.4 Å². The molecule has 3 aliphatic heterocycles. The highest BCUT2D eigenvalue weighted by Gasteiger charge is 2.47. The number of piperidine rings is 1. The average molecular weight is 417 g/mol. The van der Waals surface area contributed by atoms with Gasteiger partial charge in [0.25, 0.3) is 0 Å². The molecule has 2 atom stereocenters. The van der Waals surface area contributed by atoms with Gasteiger partial charge in [0.1, 0.15) is 0 Å². The van der Waals surface area contributed by atoms with Crippen LogP contribution in [0.3, 0.4) is 0 Å². The molecule has 29 heavy (non-hydrogen) atoms. The molecular formula is C22H36N6S. The molecule has 2 bridgehead atoms. The molecular weight excluding hydrogens is 380 g/mol. The van der Waals surface area contributed by atoms with Crippen LogP contribution >= 0.6 is 11.3 Å². The molecule has 6 nitrogen and oxygen atoms in total. The highest BCUT2D eigenvalue weighted by Crippen LogP contribution is 2.44. The Morgan fingerprint density at radius 2 is 2.14 bits per heavy atom. The molecule has 3 saturated heterocycles. The van der Waals surface area contributed by atoms with Crippen LogP contribution in [0.4, 0.5) is 5.00 Å². The summed E-state index contributed by atoms with van der Waals surface area (Å²) < 4.78 is 0. The first-order chi connectivity index (χ1) is 13.9. The molecule has 2 N–H and O–H groups in total. The molecule has 160 valence electrons. The molecule has 4 heterocycles. The number of likely N-dealkylation sites (N-methyl/N-ethyl adjacent to an activating group) is 1. The lowest BCUT2D eigenvalue weighted by Gasteiger charge is -2.59. The number of hydrogen-bond acceptors (Lipinski definition) is 7. The van der Waals surface area contributed by atoms with E-state index in [-0.39, 0.29) is 0 Å². The summed E-state index contributed by atoms with van der Waals surface area (Å²) >= 11 is 1.89. The molecule has 0 spiro atoms. The second kappa shape index (κ2) is 9.91. The Morgan fingerprint density at radius 1 is 1.34 bits per heavy atom. The first-order valence-corrected chi connectivity index (χ1v) is 11.1. The number of hydrazine groups is 1. The van der Waals surface area contributed by atoms with Crippen molar-refractivity contribution in [1.82, 2.24) is 25.6 Å². The number of nitrogens with zero attached hydrogens (tertiary/aromatic N) is 4. The summed E-state index contributed by atoms with van der Waals surface area (Å²) in [5.41, 5.74) is 5.72. The molecule has 0 aliphatic carbocycles. The molecule has 0 radical (unpaired) electrons. The van der Waals surface area contributed by atoms with Gasteiger partial charge in [0.05, 0.1) is 17.7 Å². The zero-order chi connectivity index (χ0) is 21.0. The third-order valence-electron chi connectivity index (χ3n) is 5.52. The van der Waals surface area contributed by atoms with E-state index in [0.717, 1.165) is 38.4 Å². The average Bonchev–Trinajstić information content (AvgIpc) is 3.10. The van der Waals surface area contributed by atoms with Crippen LogP contribution in [-0.2, 0) is 6.42 Å². The number of rotatable bonds is 11. The minimum absolute atomic E-state index is 0.382. The van der Waals surface area contributed by atoms with Crippen molar-refractivity contribution < 1.29 is 0 Å². The highest BCUT2D eigenvalue weighted by molar-refractivity contribution is 7.16. The van der Waals surface area contributed by atoms with Crippen LogP contribution in [-0.4, -0.2) is 81.4 Å². The monoisotopic (exact) mass is 416 g/mol. The van der Waals surface area contributed by atoms with Gasteiger partial charge in [0, 0.05) is 49.0 Å². The number of thiophene rings is 1. The third-order valence-corrected chi connectivity index (χ3v) is 6.69. The van der Waals surface area contributed by atoms with E-state index in [1.165, 1.54) is 22.0 Å². The van der Waals surface area contributed by atoms with Gasteiger partial charge in [-0.15, -0.1) is 11.3 Å². The second-order valence-electron chi connectivity index (χ2n) is 8.18. The predicted octanol–water partition coefficient (Wildman–Crippen LogP) is 2.31. The molecule has 0 saturated carbocycles. The molecule has 4 rings (SSSR count). The smallest absolute Gasteiger partial charge is 0.0954 e. The Kier molecular flexibility index (Phi) is 7.54. The lowest BCUT2D eigenvalue weighted by molar-refractivity contribution is 0.0638. The highest BCUT2D eigenvalue weighted by atomic mass is 32.1. The molecule has 0 aromatic carbocycles. The van der Waals surface area contributed by atoms with Crippen molar-refractivity contribution >= 4 is 16.3 Å². The number of fused-ring (bicyclic) bond motifs is 2. The van der Waals surface area contributed by atoms with Crippen LogP contribution in [0.2, 0.25) is 0 Å². The van der Waals surface area contributed by atoms with E-state index >= 15 is 0 Å². The quantitative estimate of drug-likeness (QED) is 0.328. The zero-order valence-electron chi connectivity index (χ0n) is 18.3. The van der Waals surface area contributed by atoms with Gasteiger partial charge in [-0.1, -0.05) is 19.2 Å². The Morgan fingerprint density at radius 3 is 2.83 bits per heavy atom. The van der Waals surface area contributed by atoms with E-state index in [4.69, 9.17) is 0 Å². The SMILES string of the molecule is C=C1C2CC(CN1c1ccc(CCNN(C)CNC)s1)N2C(=C)/C=C/CN(C)C. The minimum Gasteiger partial charge on any atom is -0.359 e. The summed E-state index contributed by atoms with van der Waals surface area (Å²) in [6.07, 6.45) is 6.56. The Balaban J connectivity index is 1.53. The second-order valence-corrected chi connectivity index (χ2v) is 9.32. The molecule has 3 aliphatic rings. The van der Waals surface area contributed by atoms with Gasteiger partial charge in [0.15, 0.2) is 0 Å². The summed E-state index contributed by atoms with van der Waals surface area (Å²) in [6.45, 7) is 12.4. The van der Waals surface area contributed by atoms with E-state index in [0.29, 0.717) is 12.1 Å². The molecule has 2 unspecified atom stereocenters. The zero-order valence-corrected chi connectivity index (χ0v) is 19.1. The molecule has 1 aromatic rings. The van der Waals surface area contributed by atoms with Gasteiger partial charge in [0.2, 0.25) is 0 Å².